The Morgan fingerprint density at radius 3 is 3.24 bits per heavy atom. The average molecular weight is 335 g/mol. The van der Waals surface area contributed by atoms with Gasteiger partial charge in [0, 0.05) is 30.7 Å². The Morgan fingerprint density at radius 2 is 2.36 bits per heavy atom. The van der Waals surface area contributed by atoms with E-state index in [2.05, 4.69) is 30.2 Å². The molecule has 126 valence electrons. The summed E-state index contributed by atoms with van der Waals surface area (Å²) >= 11 is 0. The highest BCUT2D eigenvalue weighted by atomic mass is 16.1. The first-order valence-corrected chi connectivity index (χ1v) is 8.24. The number of piperidine rings is 1. The second-order valence-corrected chi connectivity index (χ2v) is 6.14. The van der Waals surface area contributed by atoms with Crippen molar-refractivity contribution in [2.45, 2.75) is 25.3 Å². The summed E-state index contributed by atoms with van der Waals surface area (Å²) in [6.07, 6.45) is 6.89. The number of hydrogen-bond donors (Lipinski definition) is 2. The van der Waals surface area contributed by atoms with E-state index in [9.17, 15) is 4.79 Å². The number of amides is 1. The van der Waals surface area contributed by atoms with Crippen LogP contribution >= 0.6 is 0 Å². The van der Waals surface area contributed by atoms with Gasteiger partial charge in [-0.1, -0.05) is 0 Å². The second kappa shape index (κ2) is 6.36. The van der Waals surface area contributed by atoms with E-state index in [4.69, 9.17) is 5.26 Å². The Hall–Kier alpha value is -3.21. The zero-order chi connectivity index (χ0) is 17.2. The summed E-state index contributed by atoms with van der Waals surface area (Å²) in [5.41, 5.74) is 1.60. The molecule has 1 amide bonds. The molecule has 25 heavy (non-hydrogen) atoms. The van der Waals surface area contributed by atoms with E-state index >= 15 is 0 Å². The van der Waals surface area contributed by atoms with Crippen molar-refractivity contribution in [3.05, 3.63) is 24.8 Å². The smallest absolute Gasteiger partial charge is 0.234 e. The Balaban J connectivity index is 1.68. The molecule has 0 spiro atoms. The number of nitriles is 1. The lowest BCUT2D eigenvalue weighted by Crippen LogP contribution is -2.48. The van der Waals surface area contributed by atoms with Gasteiger partial charge in [0.25, 0.3) is 0 Å². The Kier molecular flexibility index (Phi) is 3.90. The van der Waals surface area contributed by atoms with Crippen LogP contribution < -0.4 is 10.2 Å². The summed E-state index contributed by atoms with van der Waals surface area (Å²) in [6, 6.07) is 3.88. The largest absolute Gasteiger partial charge is 0.354 e. The minimum absolute atomic E-state index is 0.0168. The topological polar surface area (TPSA) is 111 Å². The summed E-state index contributed by atoms with van der Waals surface area (Å²) in [5, 5.41) is 13.5. The van der Waals surface area contributed by atoms with E-state index in [0.717, 1.165) is 47.1 Å². The molecule has 3 aromatic rings. The summed E-state index contributed by atoms with van der Waals surface area (Å²) in [7, 11) is 0. The van der Waals surface area contributed by atoms with Gasteiger partial charge in [0.2, 0.25) is 5.91 Å². The van der Waals surface area contributed by atoms with E-state index in [1.54, 1.807) is 12.5 Å². The van der Waals surface area contributed by atoms with Crippen LogP contribution in [-0.4, -0.2) is 45.0 Å². The van der Waals surface area contributed by atoms with E-state index in [1.807, 2.05) is 18.3 Å². The number of aromatic amines is 1. The molecule has 0 aromatic carbocycles. The number of rotatable bonds is 3. The fourth-order valence-electron chi connectivity index (χ4n) is 3.42. The summed E-state index contributed by atoms with van der Waals surface area (Å²) in [5.74, 6) is 0.635. The van der Waals surface area contributed by atoms with Crippen LogP contribution in [0.2, 0.25) is 0 Å². The van der Waals surface area contributed by atoms with E-state index in [1.165, 1.54) is 0 Å². The molecule has 0 bridgehead atoms. The van der Waals surface area contributed by atoms with Gasteiger partial charge in [-0.2, -0.15) is 5.26 Å². The van der Waals surface area contributed by atoms with Crippen LogP contribution in [0.5, 0.6) is 0 Å². The van der Waals surface area contributed by atoms with Crippen LogP contribution in [0.25, 0.3) is 21.9 Å². The summed E-state index contributed by atoms with van der Waals surface area (Å²) in [4.78, 5) is 30.2. The molecule has 0 aliphatic carbocycles. The van der Waals surface area contributed by atoms with Gasteiger partial charge < -0.3 is 15.2 Å². The van der Waals surface area contributed by atoms with Crippen molar-refractivity contribution in [2.75, 3.05) is 18.0 Å². The van der Waals surface area contributed by atoms with Crippen LogP contribution in [0.1, 0.15) is 19.3 Å². The van der Waals surface area contributed by atoms with E-state index < -0.39 is 0 Å². The molecule has 4 heterocycles. The van der Waals surface area contributed by atoms with Crippen LogP contribution in [0.15, 0.2) is 24.8 Å². The molecule has 4 rings (SSSR count). The Labute approximate surface area is 143 Å². The number of carbonyl (C=O) groups excluding carboxylic acids is 1. The first-order chi connectivity index (χ1) is 12.3. The Bertz CT molecular complexity index is 974. The highest BCUT2D eigenvalue weighted by molar-refractivity contribution is 6.08. The van der Waals surface area contributed by atoms with Gasteiger partial charge >= 0.3 is 0 Å². The van der Waals surface area contributed by atoms with Crippen molar-refractivity contribution in [3.8, 4) is 6.07 Å². The predicted octanol–water partition coefficient (Wildman–Crippen LogP) is 1.50. The van der Waals surface area contributed by atoms with E-state index in [-0.39, 0.29) is 18.4 Å². The van der Waals surface area contributed by atoms with Crippen LogP contribution in [0.4, 0.5) is 5.82 Å². The maximum absolute atomic E-state index is 11.7. The average Bonchev–Trinajstić information content (AvgIpc) is 3.10. The fourth-order valence-corrected chi connectivity index (χ4v) is 3.42. The molecule has 1 atom stereocenters. The molecular weight excluding hydrogens is 318 g/mol. The molecule has 2 N–H and O–H groups in total. The number of nitrogens with zero attached hydrogens (tertiary/aromatic N) is 5. The third-order valence-corrected chi connectivity index (χ3v) is 4.49. The van der Waals surface area contributed by atoms with Crippen molar-refractivity contribution < 1.29 is 4.79 Å². The zero-order valence-corrected chi connectivity index (χ0v) is 13.6. The van der Waals surface area contributed by atoms with Crippen molar-refractivity contribution >= 4 is 33.7 Å². The number of nitrogens with one attached hydrogen (secondary N) is 2. The Morgan fingerprint density at radius 1 is 1.44 bits per heavy atom. The minimum atomic E-state index is -0.223. The fraction of sp³-hybridized carbons (Fsp3) is 0.353. The normalized spacial score (nSPS) is 17.6. The van der Waals surface area contributed by atoms with Crippen molar-refractivity contribution in [3.63, 3.8) is 0 Å². The monoisotopic (exact) mass is 335 g/mol. The van der Waals surface area contributed by atoms with Gasteiger partial charge in [0.15, 0.2) is 0 Å². The van der Waals surface area contributed by atoms with Gasteiger partial charge in [0.05, 0.1) is 23.2 Å². The van der Waals surface area contributed by atoms with Gasteiger partial charge in [0.1, 0.15) is 24.2 Å². The van der Waals surface area contributed by atoms with E-state index in [0.29, 0.717) is 6.54 Å². The SMILES string of the molecule is N#CCC(=O)NC1CCCN(c2ncnc3cnc4[nH]ccc4c23)C1. The second-order valence-electron chi connectivity index (χ2n) is 6.14. The number of carbonyl (C=O) groups is 1. The number of pyridine rings is 1. The highest BCUT2D eigenvalue weighted by Gasteiger charge is 2.24. The number of fused-ring (bicyclic) bond motifs is 3. The molecule has 1 saturated heterocycles. The molecule has 1 aliphatic heterocycles. The van der Waals surface area contributed by atoms with Crippen LogP contribution in [0, 0.1) is 11.3 Å². The molecule has 3 aromatic heterocycles. The van der Waals surface area contributed by atoms with Crippen LogP contribution in [-0.2, 0) is 4.79 Å². The van der Waals surface area contributed by atoms with Crippen molar-refractivity contribution in [2.24, 2.45) is 0 Å². The highest BCUT2D eigenvalue weighted by Crippen LogP contribution is 2.30. The molecule has 0 saturated carbocycles. The molecule has 1 unspecified atom stereocenters. The first-order valence-electron chi connectivity index (χ1n) is 8.24. The zero-order valence-electron chi connectivity index (χ0n) is 13.6. The molecule has 8 heteroatoms. The summed E-state index contributed by atoms with van der Waals surface area (Å²) in [6.45, 7) is 1.53. The molecule has 0 radical (unpaired) electrons. The minimum Gasteiger partial charge on any atom is -0.354 e. The predicted molar refractivity (Wildman–Crippen MR) is 92.8 cm³/mol. The lowest BCUT2D eigenvalue weighted by molar-refractivity contribution is -0.120. The van der Waals surface area contributed by atoms with Gasteiger partial charge in [-0.15, -0.1) is 0 Å². The molecule has 1 aliphatic rings. The first kappa shape index (κ1) is 15.3. The van der Waals surface area contributed by atoms with Gasteiger partial charge in [-0.05, 0) is 18.9 Å². The van der Waals surface area contributed by atoms with Crippen molar-refractivity contribution in [1.82, 2.24) is 25.3 Å². The standard InChI is InChI=1S/C17H17N7O/c18-5-3-14(25)23-11-2-1-7-24(9-11)17-15-12-4-6-19-16(12)20-8-13(15)21-10-22-17/h4,6,8,10-11H,1-3,7,9H2,(H,19,20)(H,23,25). The number of hydrogen-bond acceptors (Lipinski definition) is 6. The molecule has 1 fully saturated rings. The third-order valence-electron chi connectivity index (χ3n) is 4.49. The van der Waals surface area contributed by atoms with Gasteiger partial charge in [-0.25, -0.2) is 15.0 Å². The number of H-pyrrole nitrogens is 1. The summed E-state index contributed by atoms with van der Waals surface area (Å²) < 4.78 is 0. The number of aromatic nitrogens is 4. The van der Waals surface area contributed by atoms with Crippen molar-refractivity contribution in [1.29, 1.82) is 5.26 Å². The number of anilines is 1. The van der Waals surface area contributed by atoms with Gasteiger partial charge in [-0.3, -0.25) is 4.79 Å². The maximum Gasteiger partial charge on any atom is 0.234 e. The quantitative estimate of drug-likeness (QED) is 0.750. The lowest BCUT2D eigenvalue weighted by Gasteiger charge is -2.34. The molecule has 8 nitrogen and oxygen atoms in total. The molecular formula is C17H17N7O. The third kappa shape index (κ3) is 2.85. The van der Waals surface area contributed by atoms with Crippen LogP contribution in [0.3, 0.4) is 0 Å². The maximum atomic E-state index is 11.7. The lowest BCUT2D eigenvalue weighted by atomic mass is 10.0.